The number of nitrogens with one attached hydrogen (secondary N) is 1. The molecule has 6 N–H and O–H groups in total. The van der Waals surface area contributed by atoms with Crippen LogP contribution in [-0.2, 0) is 24.0 Å². The molecule has 2 unspecified atom stereocenters. The minimum absolute atomic E-state index is 0.0531. The average Bonchev–Trinajstić information content (AvgIpc) is 3.18. The van der Waals surface area contributed by atoms with Crippen LogP contribution in [0.1, 0.15) is 19.5 Å². The normalized spacial score (nSPS) is 24.6. The number of hydrogen-bond donors (Lipinski definition) is 4. The lowest BCUT2D eigenvalue weighted by atomic mass is 9.88. The molecule has 3 rings (SSSR count). The lowest BCUT2D eigenvalue weighted by molar-refractivity contribution is -0.160. The molecule has 3 atom stereocenters. The van der Waals surface area contributed by atoms with Crippen molar-refractivity contribution in [1.29, 1.82) is 0 Å². The Hall–Kier alpha value is -3.07. The first-order valence-corrected chi connectivity index (χ1v) is 11.8. The Morgan fingerprint density at radius 3 is 2.76 bits per heavy atom. The van der Waals surface area contributed by atoms with Crippen molar-refractivity contribution in [1.82, 2.24) is 15.2 Å². The van der Waals surface area contributed by atoms with E-state index in [0.29, 0.717) is 0 Å². The number of thioether (sulfide) groups is 1. The molecule has 3 amide bonds. The number of thiazole rings is 1. The second-order valence-electron chi connectivity index (χ2n) is 8.01. The predicted molar refractivity (Wildman–Crippen MR) is 119 cm³/mol. The standard InChI is InChI=1S/C18H24N6O7S2/c1-8(2)3-31-23-10(9-4-32-16(19)21-9)12(25)22-11-13(26)24-5-18(15(27)28,6-30-17(20)29)7-33-14(11)24/h4,8,11,14H,3,5-7H2,1-2H3,(H2,19,21)(H2,20,29)(H,22,25)(H,27,28)/t11?,14-,18?/m1/s1. The zero-order valence-corrected chi connectivity index (χ0v) is 19.5. The average molecular weight is 501 g/mol. The third-order valence-corrected chi connectivity index (χ3v) is 7.18. The van der Waals surface area contributed by atoms with Gasteiger partial charge in [0.25, 0.3) is 5.91 Å². The van der Waals surface area contributed by atoms with Gasteiger partial charge >= 0.3 is 12.1 Å². The van der Waals surface area contributed by atoms with Gasteiger partial charge in [0.1, 0.15) is 35.7 Å². The molecule has 15 heteroatoms. The number of oxime groups is 1. The number of nitrogens with two attached hydrogens (primary N) is 2. The third-order valence-electron chi connectivity index (χ3n) is 4.92. The van der Waals surface area contributed by atoms with Gasteiger partial charge in [0.05, 0.1) is 0 Å². The van der Waals surface area contributed by atoms with E-state index in [0.717, 1.165) is 23.1 Å². The summed E-state index contributed by atoms with van der Waals surface area (Å²) in [6.07, 6.45) is -1.10. The Kier molecular flexibility index (Phi) is 7.31. The van der Waals surface area contributed by atoms with Crippen molar-refractivity contribution in [3.8, 4) is 0 Å². The minimum Gasteiger partial charge on any atom is -0.481 e. The molecule has 1 aromatic rings. The van der Waals surface area contributed by atoms with Crippen molar-refractivity contribution in [3.05, 3.63) is 11.1 Å². The molecule has 2 aliphatic heterocycles. The van der Waals surface area contributed by atoms with E-state index in [4.69, 9.17) is 21.0 Å². The second-order valence-corrected chi connectivity index (χ2v) is 10.0. The highest BCUT2D eigenvalue weighted by atomic mass is 32.2. The van der Waals surface area contributed by atoms with Crippen LogP contribution < -0.4 is 16.8 Å². The van der Waals surface area contributed by atoms with Gasteiger partial charge in [-0.05, 0) is 5.92 Å². The molecule has 1 aromatic heterocycles. The quantitative estimate of drug-likeness (QED) is 0.198. The fourth-order valence-corrected chi connectivity index (χ4v) is 5.25. The van der Waals surface area contributed by atoms with Crippen LogP contribution in [0.2, 0.25) is 0 Å². The fraction of sp³-hybridized carbons (Fsp3) is 0.556. The first kappa shape index (κ1) is 24.6. The lowest BCUT2D eigenvalue weighted by Gasteiger charge is -2.53. The number of fused-ring (bicyclic) bond motifs is 1. The van der Waals surface area contributed by atoms with Gasteiger partial charge in [0.2, 0.25) is 5.91 Å². The number of carbonyl (C=O) groups is 4. The topological polar surface area (TPSA) is 200 Å². The van der Waals surface area contributed by atoms with E-state index in [9.17, 15) is 24.3 Å². The van der Waals surface area contributed by atoms with Crippen molar-refractivity contribution in [2.45, 2.75) is 25.3 Å². The number of anilines is 1. The van der Waals surface area contributed by atoms with Crippen LogP contribution in [0.5, 0.6) is 0 Å². The summed E-state index contributed by atoms with van der Waals surface area (Å²) < 4.78 is 4.71. The lowest BCUT2D eigenvalue weighted by Crippen LogP contribution is -2.74. The molecule has 0 aliphatic carbocycles. The van der Waals surface area contributed by atoms with Crippen LogP contribution in [0, 0.1) is 11.3 Å². The molecule has 2 aliphatic rings. The number of aromatic nitrogens is 1. The molecule has 33 heavy (non-hydrogen) atoms. The van der Waals surface area contributed by atoms with Gasteiger partial charge in [-0.1, -0.05) is 19.0 Å². The van der Waals surface area contributed by atoms with Gasteiger partial charge in [-0.15, -0.1) is 23.1 Å². The first-order chi connectivity index (χ1) is 15.5. The monoisotopic (exact) mass is 500 g/mol. The van der Waals surface area contributed by atoms with Crippen molar-refractivity contribution < 1.29 is 33.9 Å². The number of nitrogens with zero attached hydrogens (tertiary/aromatic N) is 3. The molecule has 2 saturated heterocycles. The Balaban J connectivity index is 1.70. The second kappa shape index (κ2) is 9.82. The zero-order chi connectivity index (χ0) is 24.3. The maximum Gasteiger partial charge on any atom is 0.404 e. The van der Waals surface area contributed by atoms with E-state index in [1.165, 1.54) is 4.90 Å². The molecular weight excluding hydrogens is 476 g/mol. The Labute approximate surface area is 196 Å². The molecule has 0 radical (unpaired) electrons. The maximum absolute atomic E-state index is 12.9. The summed E-state index contributed by atoms with van der Waals surface area (Å²) in [5, 5.41) is 17.5. The van der Waals surface area contributed by atoms with E-state index in [2.05, 4.69) is 15.5 Å². The zero-order valence-electron chi connectivity index (χ0n) is 17.8. The predicted octanol–water partition coefficient (Wildman–Crippen LogP) is -0.332. The largest absolute Gasteiger partial charge is 0.481 e. The van der Waals surface area contributed by atoms with E-state index >= 15 is 0 Å². The van der Waals surface area contributed by atoms with Crippen LogP contribution in [-0.4, -0.2) is 81.5 Å². The molecule has 3 heterocycles. The molecule has 0 saturated carbocycles. The minimum atomic E-state index is -1.49. The summed E-state index contributed by atoms with van der Waals surface area (Å²) in [5.41, 5.74) is 9.22. The molecule has 13 nitrogen and oxygen atoms in total. The van der Waals surface area contributed by atoms with Crippen LogP contribution >= 0.6 is 23.1 Å². The first-order valence-electron chi connectivity index (χ1n) is 9.84. The number of rotatable bonds is 9. The highest BCUT2D eigenvalue weighted by molar-refractivity contribution is 8.00. The highest BCUT2D eigenvalue weighted by Crippen LogP contribution is 2.42. The van der Waals surface area contributed by atoms with Crippen LogP contribution in [0.3, 0.4) is 0 Å². The number of amides is 3. The molecular formula is C18H24N6O7S2. The number of nitrogen functional groups attached to an aromatic ring is 1. The summed E-state index contributed by atoms with van der Waals surface area (Å²) in [7, 11) is 0. The van der Waals surface area contributed by atoms with Crippen LogP contribution in [0.25, 0.3) is 0 Å². The highest BCUT2D eigenvalue weighted by Gasteiger charge is 2.58. The van der Waals surface area contributed by atoms with Gasteiger partial charge < -0.3 is 36.4 Å². The van der Waals surface area contributed by atoms with Gasteiger partial charge in [0, 0.05) is 17.7 Å². The van der Waals surface area contributed by atoms with Crippen molar-refractivity contribution >= 4 is 57.8 Å². The van der Waals surface area contributed by atoms with Gasteiger partial charge in [-0.2, -0.15) is 0 Å². The van der Waals surface area contributed by atoms with E-state index in [1.807, 2.05) is 13.8 Å². The van der Waals surface area contributed by atoms with Crippen molar-refractivity contribution in [2.75, 3.05) is 31.2 Å². The van der Waals surface area contributed by atoms with E-state index < -0.39 is 47.3 Å². The number of carbonyl (C=O) groups excluding carboxylic acids is 3. The summed E-state index contributed by atoms with van der Waals surface area (Å²) in [6.45, 7) is 3.47. The molecule has 0 spiro atoms. The fourth-order valence-electron chi connectivity index (χ4n) is 3.18. The van der Waals surface area contributed by atoms with E-state index in [-0.39, 0.29) is 41.4 Å². The number of primary amides is 1. The Morgan fingerprint density at radius 1 is 1.45 bits per heavy atom. The van der Waals surface area contributed by atoms with Gasteiger partial charge in [-0.3, -0.25) is 14.4 Å². The number of ether oxygens (including phenoxy) is 1. The third kappa shape index (κ3) is 5.30. The number of β-lactam (4-membered cyclic amide) rings is 1. The van der Waals surface area contributed by atoms with Crippen LogP contribution in [0.4, 0.5) is 9.93 Å². The van der Waals surface area contributed by atoms with Crippen molar-refractivity contribution in [3.63, 3.8) is 0 Å². The van der Waals surface area contributed by atoms with Gasteiger partial charge in [0.15, 0.2) is 10.8 Å². The molecule has 2 fully saturated rings. The van der Waals surface area contributed by atoms with Gasteiger partial charge in [-0.25, -0.2) is 9.78 Å². The molecule has 0 aromatic carbocycles. The smallest absolute Gasteiger partial charge is 0.404 e. The van der Waals surface area contributed by atoms with Crippen LogP contribution in [0.15, 0.2) is 10.5 Å². The Morgan fingerprint density at radius 2 is 2.18 bits per heavy atom. The number of carboxylic acids is 1. The Bertz CT molecular complexity index is 983. The summed E-state index contributed by atoms with van der Waals surface area (Å²) in [6, 6.07) is -0.891. The molecule has 180 valence electrons. The van der Waals surface area contributed by atoms with E-state index in [1.54, 1.807) is 5.38 Å². The number of aliphatic carboxylic acids is 1. The number of hydrogen-bond acceptors (Lipinski definition) is 11. The summed E-state index contributed by atoms with van der Waals surface area (Å²) >= 11 is 2.29. The summed E-state index contributed by atoms with van der Waals surface area (Å²) in [5.74, 6) is -2.13. The molecule has 0 bridgehead atoms. The summed E-state index contributed by atoms with van der Waals surface area (Å²) in [4.78, 5) is 59.0. The van der Waals surface area contributed by atoms with Crippen molar-refractivity contribution in [2.24, 2.45) is 22.2 Å². The maximum atomic E-state index is 12.9. The SMILES string of the molecule is CC(C)CON=C(C(=O)NC1C(=O)N2CC(COC(N)=O)(C(=O)O)CS[C@H]12)c1csc(N)n1. The number of carboxylic acid groups (broad SMARTS) is 1.